The predicted molar refractivity (Wildman–Crippen MR) is 71.2 cm³/mol. The van der Waals surface area contributed by atoms with Crippen molar-refractivity contribution in [2.24, 2.45) is 0 Å². The molecular weight excluding hydrogens is 359 g/mol. The first-order valence-corrected chi connectivity index (χ1v) is 6.90. The number of anilines is 1. The molecule has 6 heteroatoms. The summed E-state index contributed by atoms with van der Waals surface area (Å²) < 4.78 is 14.7. The van der Waals surface area contributed by atoms with Crippen LogP contribution in [0, 0.1) is 5.82 Å². The summed E-state index contributed by atoms with van der Waals surface area (Å²) in [5.41, 5.74) is 0.867. The molecular formula is C10H7Br2FN2S. The van der Waals surface area contributed by atoms with Gasteiger partial charge in [-0.2, -0.15) is 0 Å². The lowest BCUT2D eigenvalue weighted by Gasteiger charge is -2.05. The highest BCUT2D eigenvalue weighted by Gasteiger charge is 2.03. The Bertz CT molecular complexity index is 501. The Balaban J connectivity index is 2.07. The number of thiazole rings is 1. The van der Waals surface area contributed by atoms with Gasteiger partial charge in [0.15, 0.2) is 5.13 Å². The molecule has 0 atom stereocenters. The predicted octanol–water partition coefficient (Wildman–Crippen LogP) is 4.42. The maximum Gasteiger partial charge on any atom is 0.184 e. The molecule has 2 rings (SSSR count). The van der Waals surface area contributed by atoms with E-state index in [4.69, 9.17) is 0 Å². The molecule has 0 fully saturated rings. The average molecular weight is 366 g/mol. The van der Waals surface area contributed by atoms with Gasteiger partial charge in [0, 0.05) is 16.4 Å². The number of benzene rings is 1. The number of nitrogens with zero attached hydrogens (tertiary/aromatic N) is 1. The molecule has 0 aliphatic heterocycles. The fourth-order valence-electron chi connectivity index (χ4n) is 1.18. The number of nitrogens with one attached hydrogen (secondary N) is 1. The topological polar surface area (TPSA) is 24.9 Å². The quantitative estimate of drug-likeness (QED) is 0.870. The van der Waals surface area contributed by atoms with E-state index < -0.39 is 0 Å². The summed E-state index contributed by atoms with van der Waals surface area (Å²) in [7, 11) is 0. The highest BCUT2D eigenvalue weighted by molar-refractivity contribution is 9.10. The van der Waals surface area contributed by atoms with Crippen LogP contribution in [0.1, 0.15) is 5.56 Å². The van der Waals surface area contributed by atoms with Crippen LogP contribution >= 0.6 is 43.2 Å². The monoisotopic (exact) mass is 364 g/mol. The fraction of sp³-hybridized carbons (Fsp3) is 0.100. The number of halogens is 3. The summed E-state index contributed by atoms with van der Waals surface area (Å²) in [4.78, 5) is 4.19. The molecule has 1 aromatic heterocycles. The van der Waals surface area contributed by atoms with E-state index in [0.717, 1.165) is 19.8 Å². The normalized spacial score (nSPS) is 10.4. The molecule has 0 saturated heterocycles. The molecule has 1 N–H and O–H groups in total. The summed E-state index contributed by atoms with van der Waals surface area (Å²) in [5.74, 6) is -0.236. The van der Waals surface area contributed by atoms with E-state index >= 15 is 0 Å². The van der Waals surface area contributed by atoms with Crippen molar-refractivity contribution in [2.75, 3.05) is 5.32 Å². The van der Waals surface area contributed by atoms with E-state index in [1.165, 1.54) is 23.5 Å². The third kappa shape index (κ3) is 3.02. The second kappa shape index (κ2) is 5.25. The molecule has 0 unspecified atom stereocenters. The van der Waals surface area contributed by atoms with Gasteiger partial charge in [-0.3, -0.25) is 0 Å². The van der Waals surface area contributed by atoms with E-state index in [2.05, 4.69) is 42.2 Å². The molecule has 2 nitrogen and oxygen atoms in total. The van der Waals surface area contributed by atoms with Crippen LogP contribution in [0.15, 0.2) is 32.7 Å². The summed E-state index contributed by atoms with van der Waals surface area (Å²) in [5, 5.41) is 5.83. The summed E-state index contributed by atoms with van der Waals surface area (Å²) in [6, 6.07) is 4.62. The Morgan fingerprint density at radius 1 is 1.38 bits per heavy atom. The van der Waals surface area contributed by atoms with Crippen molar-refractivity contribution in [3.63, 3.8) is 0 Å². The second-order valence-electron chi connectivity index (χ2n) is 3.06. The number of rotatable bonds is 3. The Morgan fingerprint density at radius 2 is 2.19 bits per heavy atom. The maximum absolute atomic E-state index is 13.0. The van der Waals surface area contributed by atoms with Crippen molar-refractivity contribution in [1.82, 2.24) is 4.98 Å². The van der Waals surface area contributed by atoms with Crippen molar-refractivity contribution in [1.29, 1.82) is 0 Å². The lowest BCUT2D eigenvalue weighted by atomic mass is 10.2. The number of hydrogen-bond acceptors (Lipinski definition) is 3. The van der Waals surface area contributed by atoms with Crippen molar-refractivity contribution in [3.05, 3.63) is 44.0 Å². The molecule has 0 amide bonds. The number of hydrogen-bond donors (Lipinski definition) is 1. The van der Waals surface area contributed by atoms with Crippen molar-refractivity contribution >= 4 is 48.3 Å². The first-order valence-electron chi connectivity index (χ1n) is 4.44. The standard InChI is InChI=1S/C10H7Br2FN2S/c11-8-2-1-7(13)3-6(8)4-14-10-15-9(12)5-16-10/h1-3,5H,4H2,(H,14,15). The van der Waals surface area contributed by atoms with Crippen LogP contribution in [0.4, 0.5) is 9.52 Å². The summed E-state index contributed by atoms with van der Waals surface area (Å²) in [6.45, 7) is 0.540. The van der Waals surface area contributed by atoms with Crippen molar-refractivity contribution < 1.29 is 4.39 Å². The van der Waals surface area contributed by atoms with Crippen LogP contribution in [0.2, 0.25) is 0 Å². The highest BCUT2D eigenvalue weighted by Crippen LogP contribution is 2.22. The minimum atomic E-state index is -0.236. The Labute approximate surface area is 113 Å². The molecule has 0 aliphatic rings. The van der Waals surface area contributed by atoms with Gasteiger partial charge < -0.3 is 5.32 Å². The van der Waals surface area contributed by atoms with Gasteiger partial charge >= 0.3 is 0 Å². The Hall–Kier alpha value is -0.460. The van der Waals surface area contributed by atoms with E-state index in [-0.39, 0.29) is 5.82 Å². The van der Waals surface area contributed by atoms with Crippen LogP contribution in [0.25, 0.3) is 0 Å². The molecule has 84 valence electrons. The Kier molecular flexibility index (Phi) is 3.94. The molecule has 0 radical (unpaired) electrons. The third-order valence-corrected chi connectivity index (χ3v) is 4.20. The van der Waals surface area contributed by atoms with Crippen molar-refractivity contribution in [2.45, 2.75) is 6.54 Å². The van der Waals surface area contributed by atoms with Gasteiger partial charge in [-0.1, -0.05) is 15.9 Å². The maximum atomic E-state index is 13.0. The zero-order chi connectivity index (χ0) is 11.5. The third-order valence-electron chi connectivity index (χ3n) is 1.91. The number of aromatic nitrogens is 1. The largest absolute Gasteiger partial charge is 0.357 e. The SMILES string of the molecule is Fc1ccc(Br)c(CNc2nc(Br)cs2)c1. The van der Waals surface area contributed by atoms with Crippen molar-refractivity contribution in [3.8, 4) is 0 Å². The lowest BCUT2D eigenvalue weighted by Crippen LogP contribution is -2.00. The molecule has 1 aromatic carbocycles. The van der Waals surface area contributed by atoms with Crippen LogP contribution in [-0.2, 0) is 6.54 Å². The fourth-order valence-corrected chi connectivity index (χ4v) is 2.71. The molecule has 0 spiro atoms. The van der Waals surface area contributed by atoms with Gasteiger partial charge in [0.25, 0.3) is 0 Å². The van der Waals surface area contributed by atoms with Gasteiger partial charge in [0.05, 0.1) is 0 Å². The molecule has 2 aromatic rings. The van der Waals surface area contributed by atoms with Gasteiger partial charge in [-0.25, -0.2) is 9.37 Å². The van der Waals surface area contributed by atoms with Crippen LogP contribution in [0.3, 0.4) is 0 Å². The van der Waals surface area contributed by atoms with E-state index in [1.807, 2.05) is 5.38 Å². The summed E-state index contributed by atoms with van der Waals surface area (Å²) in [6.07, 6.45) is 0. The average Bonchev–Trinajstić information content (AvgIpc) is 2.66. The zero-order valence-corrected chi connectivity index (χ0v) is 12.0. The van der Waals surface area contributed by atoms with E-state index in [0.29, 0.717) is 6.54 Å². The van der Waals surface area contributed by atoms with E-state index in [1.54, 1.807) is 6.07 Å². The highest BCUT2D eigenvalue weighted by atomic mass is 79.9. The second-order valence-corrected chi connectivity index (χ2v) is 5.59. The molecule has 0 bridgehead atoms. The molecule has 0 aliphatic carbocycles. The van der Waals surface area contributed by atoms with Gasteiger partial charge in [0.2, 0.25) is 0 Å². The van der Waals surface area contributed by atoms with Crippen LogP contribution in [-0.4, -0.2) is 4.98 Å². The van der Waals surface area contributed by atoms with Gasteiger partial charge in [-0.15, -0.1) is 11.3 Å². The molecule has 0 saturated carbocycles. The molecule has 16 heavy (non-hydrogen) atoms. The van der Waals surface area contributed by atoms with Gasteiger partial charge in [-0.05, 0) is 39.7 Å². The van der Waals surface area contributed by atoms with Crippen LogP contribution in [0.5, 0.6) is 0 Å². The minimum Gasteiger partial charge on any atom is -0.357 e. The first kappa shape index (κ1) is 12.0. The molecule has 1 heterocycles. The zero-order valence-electron chi connectivity index (χ0n) is 8.01. The minimum absolute atomic E-state index is 0.236. The van der Waals surface area contributed by atoms with E-state index in [9.17, 15) is 4.39 Å². The smallest absolute Gasteiger partial charge is 0.184 e. The summed E-state index contributed by atoms with van der Waals surface area (Å²) >= 11 is 8.15. The Morgan fingerprint density at radius 3 is 2.88 bits per heavy atom. The first-order chi connectivity index (χ1) is 7.65. The van der Waals surface area contributed by atoms with Gasteiger partial charge in [0.1, 0.15) is 10.4 Å². The lowest BCUT2D eigenvalue weighted by molar-refractivity contribution is 0.625. The van der Waals surface area contributed by atoms with Crippen LogP contribution < -0.4 is 5.32 Å².